The molecule has 2 N–H and O–H groups in total. The summed E-state index contributed by atoms with van der Waals surface area (Å²) in [6, 6.07) is 1.12. The lowest BCUT2D eigenvalue weighted by atomic mass is 9.85. The molecule has 1 saturated heterocycles. The third kappa shape index (κ3) is 3.25. The minimum absolute atomic E-state index is 0.354. The Labute approximate surface area is 112 Å². The van der Waals surface area contributed by atoms with E-state index in [2.05, 4.69) is 25.8 Å². The van der Waals surface area contributed by atoms with Crippen LogP contribution in [0, 0.1) is 5.92 Å². The van der Waals surface area contributed by atoms with Crippen LogP contribution >= 0.6 is 0 Å². The lowest BCUT2D eigenvalue weighted by Crippen LogP contribution is -2.51. The fraction of sp³-hybridized carbons (Fsp3) is 1.00. The van der Waals surface area contributed by atoms with Crippen molar-refractivity contribution in [2.24, 2.45) is 11.7 Å². The zero-order valence-electron chi connectivity index (χ0n) is 12.3. The van der Waals surface area contributed by atoms with Gasteiger partial charge in [0.15, 0.2) is 0 Å². The van der Waals surface area contributed by atoms with Crippen LogP contribution in [0.3, 0.4) is 0 Å². The van der Waals surface area contributed by atoms with Gasteiger partial charge in [0.2, 0.25) is 0 Å². The molecule has 2 fully saturated rings. The van der Waals surface area contributed by atoms with E-state index in [4.69, 9.17) is 10.5 Å². The molecule has 106 valence electrons. The average Bonchev–Trinajstić information content (AvgIpc) is 2.76. The van der Waals surface area contributed by atoms with Gasteiger partial charge in [-0.25, -0.2) is 0 Å². The van der Waals surface area contributed by atoms with Gasteiger partial charge in [-0.2, -0.15) is 0 Å². The fourth-order valence-electron chi connectivity index (χ4n) is 3.74. The first-order valence-corrected chi connectivity index (χ1v) is 7.69. The van der Waals surface area contributed by atoms with Gasteiger partial charge in [0.05, 0.1) is 12.2 Å². The maximum absolute atomic E-state index is 6.03. The highest BCUT2D eigenvalue weighted by molar-refractivity contribution is 4.89. The van der Waals surface area contributed by atoms with Gasteiger partial charge in [-0.1, -0.05) is 19.8 Å². The van der Waals surface area contributed by atoms with Gasteiger partial charge in [0, 0.05) is 18.6 Å². The van der Waals surface area contributed by atoms with Gasteiger partial charge in [-0.05, 0) is 45.6 Å². The molecular formula is C15H30N2O. The zero-order valence-corrected chi connectivity index (χ0v) is 12.3. The summed E-state index contributed by atoms with van der Waals surface area (Å²) in [6.07, 6.45) is 8.57. The van der Waals surface area contributed by atoms with Crippen LogP contribution in [0.5, 0.6) is 0 Å². The summed E-state index contributed by atoms with van der Waals surface area (Å²) < 4.78 is 6.03. The van der Waals surface area contributed by atoms with E-state index < -0.39 is 0 Å². The standard InChI is InChI=1S/C15H30N2O/c1-11-5-4-6-13(9-11)17(3)14(10-16)15-8-7-12(2)18-15/h11-15H,4-10,16H2,1-3H3. The molecule has 5 unspecified atom stereocenters. The van der Waals surface area contributed by atoms with Crippen LogP contribution < -0.4 is 5.73 Å². The van der Waals surface area contributed by atoms with E-state index >= 15 is 0 Å². The first-order valence-electron chi connectivity index (χ1n) is 7.69. The van der Waals surface area contributed by atoms with Crippen LogP contribution in [0.25, 0.3) is 0 Å². The van der Waals surface area contributed by atoms with Crippen LogP contribution in [0.2, 0.25) is 0 Å². The zero-order chi connectivity index (χ0) is 13.1. The maximum atomic E-state index is 6.03. The molecule has 0 aromatic rings. The van der Waals surface area contributed by atoms with Crippen molar-refractivity contribution in [2.45, 2.75) is 76.7 Å². The first kappa shape index (κ1) is 14.3. The minimum atomic E-state index is 0.354. The third-order valence-electron chi connectivity index (χ3n) is 4.94. The molecule has 5 atom stereocenters. The number of hydrogen-bond donors (Lipinski definition) is 1. The predicted octanol–water partition coefficient (Wildman–Crippen LogP) is 2.39. The van der Waals surface area contributed by atoms with E-state index in [9.17, 15) is 0 Å². The van der Waals surface area contributed by atoms with Crippen molar-refractivity contribution in [3.05, 3.63) is 0 Å². The summed E-state index contributed by atoms with van der Waals surface area (Å²) in [7, 11) is 2.26. The molecule has 0 aromatic carbocycles. The van der Waals surface area contributed by atoms with Crippen molar-refractivity contribution in [1.82, 2.24) is 4.90 Å². The quantitative estimate of drug-likeness (QED) is 0.837. The normalized spacial score (nSPS) is 39.2. The largest absolute Gasteiger partial charge is 0.374 e. The van der Waals surface area contributed by atoms with Crippen molar-refractivity contribution >= 4 is 0 Å². The molecule has 0 bridgehead atoms. The highest BCUT2D eigenvalue weighted by Crippen LogP contribution is 2.30. The van der Waals surface area contributed by atoms with Crippen LogP contribution in [-0.4, -0.2) is 42.8 Å². The number of ether oxygens (including phenoxy) is 1. The predicted molar refractivity (Wildman–Crippen MR) is 75.6 cm³/mol. The molecule has 2 rings (SSSR count). The van der Waals surface area contributed by atoms with E-state index in [1.807, 2.05) is 0 Å². The number of rotatable bonds is 4. The molecule has 18 heavy (non-hydrogen) atoms. The molecule has 0 amide bonds. The number of nitrogens with two attached hydrogens (primary N) is 1. The summed E-state index contributed by atoms with van der Waals surface area (Å²) in [4.78, 5) is 2.53. The SMILES string of the molecule is CC1CCCC(N(C)C(CN)C2CCC(C)O2)C1. The van der Waals surface area contributed by atoms with Gasteiger partial charge in [-0.3, -0.25) is 4.90 Å². The number of likely N-dealkylation sites (N-methyl/N-ethyl adjacent to an activating group) is 1. The van der Waals surface area contributed by atoms with E-state index in [1.54, 1.807) is 0 Å². The van der Waals surface area contributed by atoms with Gasteiger partial charge >= 0.3 is 0 Å². The van der Waals surface area contributed by atoms with E-state index in [0.717, 1.165) is 12.5 Å². The molecular weight excluding hydrogens is 224 g/mol. The number of hydrogen-bond acceptors (Lipinski definition) is 3. The number of nitrogens with zero attached hydrogens (tertiary/aromatic N) is 1. The van der Waals surface area contributed by atoms with Gasteiger partial charge in [0.25, 0.3) is 0 Å². The molecule has 0 spiro atoms. The Bertz CT molecular complexity index is 259. The van der Waals surface area contributed by atoms with Gasteiger partial charge < -0.3 is 10.5 Å². The summed E-state index contributed by atoms with van der Waals surface area (Å²) in [5.41, 5.74) is 6.02. The molecule has 1 heterocycles. The molecule has 0 aromatic heterocycles. The van der Waals surface area contributed by atoms with Crippen molar-refractivity contribution < 1.29 is 4.74 Å². The molecule has 0 radical (unpaired) electrons. The van der Waals surface area contributed by atoms with E-state index in [1.165, 1.54) is 38.5 Å². The Hall–Kier alpha value is -0.120. The van der Waals surface area contributed by atoms with Crippen molar-refractivity contribution in [3.8, 4) is 0 Å². The third-order valence-corrected chi connectivity index (χ3v) is 4.94. The average molecular weight is 254 g/mol. The molecule has 1 saturated carbocycles. The second-order valence-electron chi connectivity index (χ2n) is 6.46. The Kier molecular flexibility index (Phi) is 5.05. The Morgan fingerprint density at radius 3 is 2.56 bits per heavy atom. The second kappa shape index (κ2) is 6.36. The minimum Gasteiger partial charge on any atom is -0.374 e. The Morgan fingerprint density at radius 2 is 2.00 bits per heavy atom. The summed E-state index contributed by atoms with van der Waals surface area (Å²) in [6.45, 7) is 5.28. The highest BCUT2D eigenvalue weighted by Gasteiger charge is 2.34. The maximum Gasteiger partial charge on any atom is 0.0747 e. The first-order chi connectivity index (χ1) is 8.61. The lowest BCUT2D eigenvalue weighted by molar-refractivity contribution is -0.0157. The molecule has 3 heteroatoms. The smallest absolute Gasteiger partial charge is 0.0747 e. The van der Waals surface area contributed by atoms with Crippen LogP contribution in [-0.2, 0) is 4.74 Å². The summed E-state index contributed by atoms with van der Waals surface area (Å²) in [5.74, 6) is 0.869. The molecule has 2 aliphatic rings. The van der Waals surface area contributed by atoms with Crippen molar-refractivity contribution in [1.29, 1.82) is 0 Å². The molecule has 1 aliphatic heterocycles. The van der Waals surface area contributed by atoms with Gasteiger partial charge in [0.1, 0.15) is 0 Å². The monoisotopic (exact) mass is 254 g/mol. The lowest BCUT2D eigenvalue weighted by Gasteiger charge is -2.40. The van der Waals surface area contributed by atoms with Crippen LogP contribution in [0.15, 0.2) is 0 Å². The topological polar surface area (TPSA) is 38.5 Å². The molecule has 1 aliphatic carbocycles. The fourth-order valence-corrected chi connectivity index (χ4v) is 3.74. The Balaban J connectivity index is 1.94. The van der Waals surface area contributed by atoms with E-state index in [-0.39, 0.29) is 0 Å². The Morgan fingerprint density at radius 1 is 1.22 bits per heavy atom. The summed E-state index contributed by atoms with van der Waals surface area (Å²) in [5, 5.41) is 0. The highest BCUT2D eigenvalue weighted by atomic mass is 16.5. The molecule has 3 nitrogen and oxygen atoms in total. The van der Waals surface area contributed by atoms with Crippen LogP contribution in [0.1, 0.15) is 52.4 Å². The van der Waals surface area contributed by atoms with E-state index in [0.29, 0.717) is 24.3 Å². The second-order valence-corrected chi connectivity index (χ2v) is 6.46. The van der Waals surface area contributed by atoms with Crippen LogP contribution in [0.4, 0.5) is 0 Å². The van der Waals surface area contributed by atoms with Gasteiger partial charge in [-0.15, -0.1) is 0 Å². The summed E-state index contributed by atoms with van der Waals surface area (Å²) >= 11 is 0. The van der Waals surface area contributed by atoms with Crippen molar-refractivity contribution in [2.75, 3.05) is 13.6 Å². The van der Waals surface area contributed by atoms with Crippen molar-refractivity contribution in [3.63, 3.8) is 0 Å².